The third kappa shape index (κ3) is 6.44. The normalized spacial score (nSPS) is 25.4. The van der Waals surface area contributed by atoms with E-state index in [1.807, 2.05) is 12.2 Å². The number of hydrogen-bond acceptors (Lipinski definition) is 5. The number of hydrogen-bond donors (Lipinski definition) is 2. The highest BCUT2D eigenvalue weighted by Crippen LogP contribution is 2.46. The molecule has 0 spiro atoms. The summed E-state index contributed by atoms with van der Waals surface area (Å²) in [5, 5.41) is 12.6. The topological polar surface area (TPSA) is 95.9 Å². The lowest BCUT2D eigenvalue weighted by Gasteiger charge is -2.33. The Balaban J connectivity index is 1.90. The number of nitrogens with zero attached hydrogens (tertiary/aromatic N) is 1. The molecule has 35 heavy (non-hydrogen) atoms. The highest BCUT2D eigenvalue weighted by molar-refractivity contribution is 6.30. The van der Waals surface area contributed by atoms with Gasteiger partial charge in [0.1, 0.15) is 6.04 Å². The molecule has 7 nitrogen and oxygen atoms in total. The summed E-state index contributed by atoms with van der Waals surface area (Å²) in [6.45, 7) is 4.64. The van der Waals surface area contributed by atoms with Crippen molar-refractivity contribution in [2.24, 2.45) is 23.7 Å². The van der Waals surface area contributed by atoms with Gasteiger partial charge in [-0.2, -0.15) is 0 Å². The van der Waals surface area contributed by atoms with Crippen LogP contribution in [0.4, 0.5) is 5.69 Å². The molecule has 1 saturated heterocycles. The first-order valence-corrected chi connectivity index (χ1v) is 13.1. The number of esters is 1. The molecule has 1 heterocycles. The van der Waals surface area contributed by atoms with Crippen molar-refractivity contribution in [2.45, 2.75) is 58.4 Å². The van der Waals surface area contributed by atoms with Crippen molar-refractivity contribution in [1.82, 2.24) is 4.90 Å². The van der Waals surface area contributed by atoms with E-state index in [2.05, 4.69) is 12.2 Å². The highest BCUT2D eigenvalue weighted by Gasteiger charge is 2.57. The number of unbranched alkanes of at least 4 members (excludes halogenated alkanes) is 3. The molecule has 5 atom stereocenters. The van der Waals surface area contributed by atoms with Crippen molar-refractivity contribution >= 4 is 35.1 Å². The maximum atomic E-state index is 13.8. The number of likely N-dealkylation sites (tertiary alicyclic amines) is 1. The van der Waals surface area contributed by atoms with Crippen molar-refractivity contribution < 1.29 is 24.2 Å². The smallest absolute Gasteiger partial charge is 0.310 e. The van der Waals surface area contributed by atoms with Crippen molar-refractivity contribution in [3.8, 4) is 0 Å². The molecule has 1 fully saturated rings. The lowest BCUT2D eigenvalue weighted by molar-refractivity contribution is -0.155. The van der Waals surface area contributed by atoms with E-state index in [4.69, 9.17) is 21.4 Å². The van der Waals surface area contributed by atoms with Crippen LogP contribution in [0.1, 0.15) is 52.4 Å². The van der Waals surface area contributed by atoms with Gasteiger partial charge in [0.2, 0.25) is 11.8 Å². The molecule has 0 bridgehead atoms. The second-order valence-corrected chi connectivity index (χ2v) is 9.77. The fraction of sp³-hybridized carbons (Fsp3) is 0.593. The average molecular weight is 505 g/mol. The number of fused-ring (bicyclic) bond motifs is 1. The first kappa shape index (κ1) is 27.2. The van der Waals surface area contributed by atoms with Gasteiger partial charge in [0.15, 0.2) is 0 Å². The molecule has 2 N–H and O–H groups in total. The first-order chi connectivity index (χ1) is 16.9. The van der Waals surface area contributed by atoms with Crippen LogP contribution in [-0.2, 0) is 19.1 Å². The number of allylic oxidation sites excluding steroid dienone is 1. The van der Waals surface area contributed by atoms with Crippen LogP contribution in [0.15, 0.2) is 36.4 Å². The van der Waals surface area contributed by atoms with E-state index in [0.29, 0.717) is 23.7 Å². The molecule has 0 radical (unpaired) electrons. The van der Waals surface area contributed by atoms with Crippen LogP contribution >= 0.6 is 11.6 Å². The summed E-state index contributed by atoms with van der Waals surface area (Å²) >= 11 is 5.98. The summed E-state index contributed by atoms with van der Waals surface area (Å²) in [6, 6.07) is 6.14. The first-order valence-electron chi connectivity index (χ1n) is 12.8. The van der Waals surface area contributed by atoms with E-state index >= 15 is 0 Å². The number of carbonyl (C=O) groups excluding carboxylic acids is 3. The fourth-order valence-electron chi connectivity index (χ4n) is 5.40. The zero-order chi connectivity index (χ0) is 25.4. The minimum atomic E-state index is -0.711. The number of aliphatic hydroxyl groups excluding tert-OH is 1. The lowest BCUT2D eigenvalue weighted by atomic mass is 9.69. The maximum Gasteiger partial charge on any atom is 0.310 e. The summed E-state index contributed by atoms with van der Waals surface area (Å²) in [4.78, 5) is 42.0. The second-order valence-electron chi connectivity index (χ2n) is 9.33. The third-order valence-electron chi connectivity index (χ3n) is 6.98. The largest absolute Gasteiger partial charge is 0.466 e. The fourth-order valence-corrected chi connectivity index (χ4v) is 5.53. The summed E-state index contributed by atoms with van der Waals surface area (Å²) in [6.07, 6.45) is 8.78. The predicted molar refractivity (Wildman–Crippen MR) is 136 cm³/mol. The number of aliphatic hydroxyl groups is 1. The van der Waals surface area contributed by atoms with Crippen LogP contribution in [0.5, 0.6) is 0 Å². The van der Waals surface area contributed by atoms with Crippen LogP contribution < -0.4 is 5.32 Å². The minimum absolute atomic E-state index is 0.0891. The summed E-state index contributed by atoms with van der Waals surface area (Å²) < 4.78 is 5.40. The van der Waals surface area contributed by atoms with Crippen LogP contribution in [-0.4, -0.2) is 53.6 Å². The second kappa shape index (κ2) is 13.1. The Hall–Kier alpha value is -2.38. The molecule has 192 valence electrons. The predicted octanol–water partition coefficient (Wildman–Crippen LogP) is 4.44. The Kier molecular flexibility index (Phi) is 10.2. The molecule has 3 rings (SSSR count). The molecule has 8 heteroatoms. The van der Waals surface area contributed by atoms with Gasteiger partial charge >= 0.3 is 5.97 Å². The van der Waals surface area contributed by atoms with Gasteiger partial charge in [0, 0.05) is 29.8 Å². The van der Waals surface area contributed by atoms with E-state index in [1.54, 1.807) is 36.1 Å². The van der Waals surface area contributed by atoms with Gasteiger partial charge < -0.3 is 20.1 Å². The van der Waals surface area contributed by atoms with E-state index in [9.17, 15) is 14.4 Å². The zero-order valence-corrected chi connectivity index (χ0v) is 21.4. The van der Waals surface area contributed by atoms with Crippen molar-refractivity contribution in [3.63, 3.8) is 0 Å². The summed E-state index contributed by atoms with van der Waals surface area (Å²) in [7, 11) is 0. The number of ether oxygens (including phenoxy) is 1. The summed E-state index contributed by atoms with van der Waals surface area (Å²) in [5.74, 6) is -2.50. The molecule has 2 amide bonds. The third-order valence-corrected chi connectivity index (χ3v) is 7.23. The molecule has 1 aliphatic heterocycles. The number of halogens is 1. The molecule has 0 unspecified atom stereocenters. The van der Waals surface area contributed by atoms with Gasteiger partial charge in [-0.15, -0.1) is 0 Å². The van der Waals surface area contributed by atoms with Crippen LogP contribution in [0.3, 0.4) is 0 Å². The van der Waals surface area contributed by atoms with Gasteiger partial charge in [-0.1, -0.05) is 49.9 Å². The number of anilines is 1. The monoisotopic (exact) mass is 504 g/mol. The number of carbonyl (C=O) groups is 3. The van der Waals surface area contributed by atoms with Crippen molar-refractivity contribution in [3.05, 3.63) is 41.4 Å². The number of benzene rings is 1. The minimum Gasteiger partial charge on any atom is -0.466 e. The average Bonchev–Trinajstić information content (AvgIpc) is 3.12. The Morgan fingerprint density at radius 2 is 1.80 bits per heavy atom. The standard InChI is InChI=1S/C27H37ClN2O5/c1-3-9-18-10-15-21-23(22(18)27(34)35-4-2)26(33)30(16-7-5-6-8-17-31)24(21)25(32)29-20-13-11-19(28)12-14-20/h10-15,18,21-24,31H,3-9,16-17H2,1-2H3,(H,29,32)/t18-,21+,22-,23+,24+/m1/s1. The van der Waals surface area contributed by atoms with Gasteiger partial charge in [0.25, 0.3) is 0 Å². The van der Waals surface area contributed by atoms with Gasteiger partial charge in [-0.05, 0) is 56.4 Å². The lowest BCUT2D eigenvalue weighted by Crippen LogP contribution is -2.44. The Labute approximate surface area is 212 Å². The van der Waals surface area contributed by atoms with Gasteiger partial charge in [0.05, 0.1) is 18.4 Å². The molecule has 1 aliphatic carbocycles. The molecule has 0 aromatic heterocycles. The van der Waals surface area contributed by atoms with Crippen molar-refractivity contribution in [1.29, 1.82) is 0 Å². The van der Waals surface area contributed by atoms with Crippen LogP contribution in [0.25, 0.3) is 0 Å². The maximum absolute atomic E-state index is 13.8. The van der Waals surface area contributed by atoms with E-state index in [-0.39, 0.29) is 36.9 Å². The molecule has 1 aromatic carbocycles. The van der Waals surface area contributed by atoms with E-state index < -0.39 is 23.8 Å². The van der Waals surface area contributed by atoms with Crippen LogP contribution in [0, 0.1) is 23.7 Å². The molecule has 0 saturated carbocycles. The number of nitrogens with one attached hydrogen (secondary N) is 1. The number of rotatable bonds is 12. The van der Waals surface area contributed by atoms with Gasteiger partial charge in [-0.3, -0.25) is 14.4 Å². The zero-order valence-electron chi connectivity index (χ0n) is 20.6. The molecule has 2 aliphatic rings. The SMILES string of the molecule is CCC[C@@H]1C=C[C@H]2[C@H](C(=O)N(CCCCCCO)[C@@H]2C(=O)Nc2ccc(Cl)cc2)[C@@H]1C(=O)OCC. The molecular weight excluding hydrogens is 468 g/mol. The van der Waals surface area contributed by atoms with E-state index in [1.165, 1.54) is 0 Å². The number of amides is 2. The van der Waals surface area contributed by atoms with Gasteiger partial charge in [-0.25, -0.2) is 0 Å². The van der Waals surface area contributed by atoms with Crippen molar-refractivity contribution in [2.75, 3.05) is 25.1 Å². The Morgan fingerprint density at radius 1 is 1.09 bits per heavy atom. The Morgan fingerprint density at radius 3 is 2.46 bits per heavy atom. The highest BCUT2D eigenvalue weighted by atomic mass is 35.5. The van der Waals surface area contributed by atoms with Crippen LogP contribution in [0.2, 0.25) is 5.02 Å². The molecule has 1 aromatic rings. The quantitative estimate of drug-likeness (QED) is 0.249. The Bertz CT molecular complexity index is 903. The summed E-state index contributed by atoms with van der Waals surface area (Å²) in [5.41, 5.74) is 0.601. The van der Waals surface area contributed by atoms with E-state index in [0.717, 1.165) is 32.1 Å². The molecular formula is C27H37ClN2O5.